The molecule has 2 aromatic heterocycles. The average molecular weight is 442 g/mol. The molecule has 0 bridgehead atoms. The van der Waals surface area contributed by atoms with Crippen LogP contribution in [0, 0.1) is 17.7 Å². The van der Waals surface area contributed by atoms with Crippen molar-refractivity contribution < 1.29 is 13.9 Å². The maximum absolute atomic E-state index is 14.9. The molecule has 2 saturated carbocycles. The molecular weight excluding hydrogens is 417 g/mol. The molecule has 0 N–H and O–H groups in total. The van der Waals surface area contributed by atoms with Crippen LogP contribution in [0.4, 0.5) is 4.39 Å². The lowest BCUT2D eigenvalue weighted by molar-refractivity contribution is -0.126. The molecule has 3 heterocycles. The Morgan fingerprint density at radius 2 is 1.94 bits per heavy atom. The summed E-state index contributed by atoms with van der Waals surface area (Å²) in [6.45, 7) is 2.02. The van der Waals surface area contributed by atoms with Gasteiger partial charge in [0.05, 0.1) is 11.4 Å². The van der Waals surface area contributed by atoms with Crippen LogP contribution in [0.15, 0.2) is 42.6 Å². The number of hydrogen-bond donors (Lipinski definition) is 0. The number of halogens is 1. The minimum absolute atomic E-state index is 0.0449. The molecule has 3 aliphatic carbocycles. The van der Waals surface area contributed by atoms with Gasteiger partial charge in [0.1, 0.15) is 18.0 Å². The smallest absolute Gasteiger partial charge is 0.167 e. The van der Waals surface area contributed by atoms with Crippen molar-refractivity contribution in [3.05, 3.63) is 65.4 Å². The number of ether oxygens (including phenoxy) is 1. The van der Waals surface area contributed by atoms with Crippen LogP contribution in [0.2, 0.25) is 0 Å². The van der Waals surface area contributed by atoms with Crippen molar-refractivity contribution in [1.29, 1.82) is 0 Å². The van der Waals surface area contributed by atoms with Crippen molar-refractivity contribution in [2.45, 2.75) is 56.7 Å². The van der Waals surface area contributed by atoms with Crippen LogP contribution in [0.3, 0.4) is 0 Å². The summed E-state index contributed by atoms with van der Waals surface area (Å²) in [6.07, 6.45) is 5.31. The second-order valence-electron chi connectivity index (χ2n) is 9.92. The molecule has 5 atom stereocenters. The third-order valence-electron chi connectivity index (χ3n) is 7.96. The molecule has 5 unspecified atom stereocenters. The van der Waals surface area contributed by atoms with Crippen molar-refractivity contribution in [2.75, 3.05) is 0 Å². The number of nitrogens with zero attached hydrogens (tertiary/aromatic N) is 3. The van der Waals surface area contributed by atoms with Crippen molar-refractivity contribution in [1.82, 2.24) is 15.0 Å². The number of aromatic nitrogens is 3. The van der Waals surface area contributed by atoms with Gasteiger partial charge in [-0.3, -0.25) is 9.78 Å². The summed E-state index contributed by atoms with van der Waals surface area (Å²) in [5, 5.41) is 0. The van der Waals surface area contributed by atoms with Gasteiger partial charge in [-0.2, -0.15) is 0 Å². The lowest BCUT2D eigenvalue weighted by Gasteiger charge is -2.38. The number of carbonyl (C=O) groups is 1. The molecule has 5 nitrogen and oxygen atoms in total. The maximum atomic E-state index is 14.9. The predicted molar refractivity (Wildman–Crippen MR) is 120 cm³/mol. The van der Waals surface area contributed by atoms with Crippen LogP contribution in [0.25, 0.3) is 22.6 Å². The number of carbonyl (C=O) groups excluding carboxylic acids is 1. The van der Waals surface area contributed by atoms with Gasteiger partial charge in [0.15, 0.2) is 11.6 Å². The quantitative estimate of drug-likeness (QED) is 0.544. The van der Waals surface area contributed by atoms with Gasteiger partial charge in [0.25, 0.3) is 0 Å². The van der Waals surface area contributed by atoms with Crippen LogP contribution in [-0.4, -0.2) is 32.9 Å². The maximum Gasteiger partial charge on any atom is 0.167 e. The van der Waals surface area contributed by atoms with Gasteiger partial charge in [-0.15, -0.1) is 0 Å². The van der Waals surface area contributed by atoms with E-state index in [9.17, 15) is 9.18 Å². The standard InChI is InChI=1S/C27H24FN3O2/c1-13-16-8-9-18-22(17-4-2-3-5-19(17)28)30-27(15-10-11-29-20(12-15)14-6-7-14)31-23(18)21(16)25-26(33-25)24(13)32/h2-5,10-14,16,21,25-26H,6-9H2,1H3. The summed E-state index contributed by atoms with van der Waals surface area (Å²) < 4.78 is 20.8. The molecule has 1 saturated heterocycles. The largest absolute Gasteiger partial charge is 0.361 e. The molecule has 166 valence electrons. The molecule has 0 spiro atoms. The van der Waals surface area contributed by atoms with E-state index in [0.717, 1.165) is 48.2 Å². The van der Waals surface area contributed by atoms with Crippen LogP contribution in [0.1, 0.15) is 55.0 Å². The first-order valence-electron chi connectivity index (χ1n) is 11.9. The number of epoxide rings is 1. The molecule has 3 fully saturated rings. The molecule has 7 rings (SSSR count). The van der Waals surface area contributed by atoms with E-state index < -0.39 is 0 Å². The monoisotopic (exact) mass is 441 g/mol. The molecule has 0 radical (unpaired) electrons. The number of hydrogen-bond acceptors (Lipinski definition) is 5. The van der Waals surface area contributed by atoms with Crippen LogP contribution >= 0.6 is 0 Å². The Balaban J connectivity index is 1.43. The van der Waals surface area contributed by atoms with E-state index in [-0.39, 0.29) is 41.6 Å². The van der Waals surface area contributed by atoms with Gasteiger partial charge in [0.2, 0.25) is 0 Å². The highest BCUT2D eigenvalue weighted by molar-refractivity contribution is 5.90. The average Bonchev–Trinajstić information content (AvgIpc) is 3.75. The highest BCUT2D eigenvalue weighted by Gasteiger charge is 2.61. The second-order valence-corrected chi connectivity index (χ2v) is 9.92. The molecule has 33 heavy (non-hydrogen) atoms. The fourth-order valence-electron chi connectivity index (χ4n) is 5.97. The highest BCUT2D eigenvalue weighted by Crippen LogP contribution is 2.54. The predicted octanol–water partition coefficient (Wildman–Crippen LogP) is 4.85. The first-order valence-corrected chi connectivity index (χ1v) is 11.9. The highest BCUT2D eigenvalue weighted by atomic mass is 19.1. The number of Topliss-reactive ketones (excluding diaryl/α,β-unsaturated/α-hetero) is 1. The summed E-state index contributed by atoms with van der Waals surface area (Å²) in [5.41, 5.74) is 5.08. The first kappa shape index (κ1) is 19.5. The minimum atomic E-state index is -0.315. The SMILES string of the molecule is CC1C(=O)C2OC2C2c3nc(-c4ccnc(C5CC5)c4)nc(-c4ccccc4F)c3CCC12. The molecule has 3 aromatic rings. The zero-order valence-electron chi connectivity index (χ0n) is 18.4. The fraction of sp³-hybridized carbons (Fsp3) is 0.407. The van der Waals surface area contributed by atoms with Crippen LogP contribution < -0.4 is 0 Å². The number of benzene rings is 1. The third kappa shape index (κ3) is 3.00. The van der Waals surface area contributed by atoms with E-state index in [4.69, 9.17) is 14.7 Å². The minimum Gasteiger partial charge on any atom is -0.361 e. The Kier molecular flexibility index (Phi) is 4.13. The van der Waals surface area contributed by atoms with E-state index in [0.29, 0.717) is 23.0 Å². The Hall–Kier alpha value is -2.99. The Bertz CT molecular complexity index is 1300. The van der Waals surface area contributed by atoms with Crippen molar-refractivity contribution in [2.24, 2.45) is 11.8 Å². The number of ketones is 1. The van der Waals surface area contributed by atoms with Gasteiger partial charge in [-0.1, -0.05) is 19.1 Å². The zero-order valence-corrected chi connectivity index (χ0v) is 18.4. The van der Waals surface area contributed by atoms with E-state index >= 15 is 0 Å². The summed E-state index contributed by atoms with van der Waals surface area (Å²) in [4.78, 5) is 27.2. The van der Waals surface area contributed by atoms with Crippen molar-refractivity contribution in [3.8, 4) is 22.6 Å². The third-order valence-corrected chi connectivity index (χ3v) is 7.96. The molecular formula is C27H24FN3O2. The van der Waals surface area contributed by atoms with E-state index in [1.165, 1.54) is 6.07 Å². The molecule has 1 aromatic carbocycles. The Labute approximate surface area is 191 Å². The number of fused-ring (bicyclic) bond motifs is 5. The molecule has 4 aliphatic rings. The molecule has 0 amide bonds. The van der Waals surface area contributed by atoms with Crippen LogP contribution in [0.5, 0.6) is 0 Å². The van der Waals surface area contributed by atoms with Crippen molar-refractivity contribution >= 4 is 5.78 Å². The van der Waals surface area contributed by atoms with E-state index in [2.05, 4.69) is 11.1 Å². The van der Waals surface area contributed by atoms with Gasteiger partial charge in [-0.05, 0) is 55.9 Å². The topological polar surface area (TPSA) is 68.3 Å². The lowest BCUT2D eigenvalue weighted by Crippen LogP contribution is -2.41. The summed E-state index contributed by atoms with van der Waals surface area (Å²) in [6, 6.07) is 10.8. The zero-order chi connectivity index (χ0) is 22.3. The van der Waals surface area contributed by atoms with Gasteiger partial charge in [-0.25, -0.2) is 14.4 Å². The first-order chi connectivity index (χ1) is 16.1. The van der Waals surface area contributed by atoms with Crippen LogP contribution in [-0.2, 0) is 16.0 Å². The molecule has 6 heteroatoms. The summed E-state index contributed by atoms with van der Waals surface area (Å²) >= 11 is 0. The van der Waals surface area contributed by atoms with Crippen molar-refractivity contribution in [3.63, 3.8) is 0 Å². The van der Waals surface area contributed by atoms with Gasteiger partial charge < -0.3 is 4.74 Å². The summed E-state index contributed by atoms with van der Waals surface area (Å²) in [5.74, 6) is 1.24. The van der Waals surface area contributed by atoms with Gasteiger partial charge in [0, 0.05) is 46.3 Å². The fourth-order valence-corrected chi connectivity index (χ4v) is 5.97. The molecule has 1 aliphatic heterocycles. The summed E-state index contributed by atoms with van der Waals surface area (Å²) in [7, 11) is 0. The number of pyridine rings is 1. The second kappa shape index (κ2) is 7.00. The van der Waals surface area contributed by atoms with Gasteiger partial charge >= 0.3 is 0 Å². The number of rotatable bonds is 3. The van der Waals surface area contributed by atoms with E-state index in [1.807, 2.05) is 25.3 Å². The Morgan fingerprint density at radius 3 is 2.76 bits per heavy atom. The Morgan fingerprint density at radius 1 is 1.09 bits per heavy atom. The lowest BCUT2D eigenvalue weighted by atomic mass is 9.64. The van der Waals surface area contributed by atoms with E-state index in [1.54, 1.807) is 12.1 Å². The normalized spacial score (nSPS) is 29.8.